The van der Waals surface area contributed by atoms with Crippen LogP contribution in [0.5, 0.6) is 0 Å². The van der Waals surface area contributed by atoms with Crippen LogP contribution < -0.4 is 0 Å². The highest BCUT2D eigenvalue weighted by molar-refractivity contribution is 4.86. The van der Waals surface area contributed by atoms with Gasteiger partial charge in [-0.05, 0) is 18.3 Å². The molecule has 1 unspecified atom stereocenters. The summed E-state index contributed by atoms with van der Waals surface area (Å²) in [5.41, 5.74) is -1.77. The fourth-order valence-corrected chi connectivity index (χ4v) is 2.54. The highest BCUT2D eigenvalue weighted by atomic mass is 19.4. The topological polar surface area (TPSA) is 0 Å². The molecule has 0 heterocycles. The van der Waals surface area contributed by atoms with E-state index >= 15 is 0 Å². The van der Waals surface area contributed by atoms with Crippen molar-refractivity contribution in [3.63, 3.8) is 0 Å². The molecule has 0 amide bonds. The van der Waals surface area contributed by atoms with Crippen LogP contribution in [-0.4, -0.2) is 6.18 Å². The smallest absolute Gasteiger partial charge is 0.171 e. The number of unbranched alkanes of at least 4 members (excludes halogenated alkanes) is 3. The highest BCUT2D eigenvalue weighted by Gasteiger charge is 2.49. The van der Waals surface area contributed by atoms with E-state index in [1.54, 1.807) is 0 Å². The Bertz CT molecular complexity index is 230. The van der Waals surface area contributed by atoms with Gasteiger partial charge in [0.2, 0.25) is 0 Å². The average Bonchev–Trinajstić information content (AvgIpc) is 2.22. The van der Waals surface area contributed by atoms with Crippen LogP contribution in [0.15, 0.2) is 0 Å². The van der Waals surface area contributed by atoms with E-state index in [1.165, 1.54) is 20.3 Å². The molecule has 0 aromatic heterocycles. The van der Waals surface area contributed by atoms with Gasteiger partial charge in [0.15, 0.2) is 0 Å². The summed E-state index contributed by atoms with van der Waals surface area (Å²) in [4.78, 5) is 0. The third-order valence-electron chi connectivity index (χ3n) is 4.12. The van der Waals surface area contributed by atoms with Gasteiger partial charge in [0.25, 0.3) is 0 Å². The Labute approximate surface area is 110 Å². The number of rotatable bonds is 8. The Kier molecular flexibility index (Phi) is 6.73. The van der Waals surface area contributed by atoms with E-state index in [9.17, 15) is 13.2 Å². The van der Waals surface area contributed by atoms with Crippen LogP contribution >= 0.6 is 0 Å². The van der Waals surface area contributed by atoms with Crippen LogP contribution in [0.2, 0.25) is 0 Å². The van der Waals surface area contributed by atoms with Gasteiger partial charge in [-0.25, -0.2) is 0 Å². The molecule has 0 aliphatic rings. The third kappa shape index (κ3) is 5.62. The van der Waals surface area contributed by atoms with Crippen molar-refractivity contribution < 1.29 is 13.2 Å². The first-order valence-corrected chi connectivity index (χ1v) is 7.15. The van der Waals surface area contributed by atoms with Crippen molar-refractivity contribution in [2.75, 3.05) is 0 Å². The molecule has 0 saturated carbocycles. The van der Waals surface area contributed by atoms with Gasteiger partial charge in [0.05, 0.1) is 5.41 Å². The molecule has 0 saturated heterocycles. The molecule has 18 heavy (non-hydrogen) atoms. The lowest BCUT2D eigenvalue weighted by atomic mass is 9.69. The van der Waals surface area contributed by atoms with Crippen molar-refractivity contribution in [2.45, 2.75) is 85.7 Å². The summed E-state index contributed by atoms with van der Waals surface area (Å²) in [6.07, 6.45) is 2.38. The molecular formula is C15H29F3. The van der Waals surface area contributed by atoms with E-state index in [0.717, 1.165) is 32.1 Å². The molecule has 0 aliphatic carbocycles. The molecule has 1 atom stereocenters. The van der Waals surface area contributed by atoms with Crippen LogP contribution in [0.1, 0.15) is 79.6 Å². The summed E-state index contributed by atoms with van der Waals surface area (Å²) >= 11 is 0. The molecule has 0 rings (SSSR count). The van der Waals surface area contributed by atoms with E-state index in [1.807, 2.05) is 13.8 Å². The molecule has 0 aromatic carbocycles. The van der Waals surface area contributed by atoms with Gasteiger partial charge < -0.3 is 0 Å². The molecule has 0 radical (unpaired) electrons. The molecule has 0 aliphatic heterocycles. The lowest BCUT2D eigenvalue weighted by molar-refractivity contribution is -0.222. The summed E-state index contributed by atoms with van der Waals surface area (Å²) in [6.45, 7) is 8.81. The SMILES string of the molecule is CCCCCCC(C)(CC)CC(C)(C)C(F)(F)F. The van der Waals surface area contributed by atoms with Crippen LogP contribution in [0.4, 0.5) is 13.2 Å². The van der Waals surface area contributed by atoms with Crippen LogP contribution in [0.25, 0.3) is 0 Å². The summed E-state index contributed by atoms with van der Waals surface area (Å²) in [7, 11) is 0. The molecule has 110 valence electrons. The highest BCUT2D eigenvalue weighted by Crippen LogP contribution is 2.48. The Hall–Kier alpha value is -0.210. The lowest BCUT2D eigenvalue weighted by Crippen LogP contribution is -2.37. The normalized spacial score (nSPS) is 16.7. The quantitative estimate of drug-likeness (QED) is 0.449. The van der Waals surface area contributed by atoms with Crippen molar-refractivity contribution in [1.29, 1.82) is 0 Å². The van der Waals surface area contributed by atoms with Crippen LogP contribution in [-0.2, 0) is 0 Å². The average molecular weight is 266 g/mol. The van der Waals surface area contributed by atoms with Crippen LogP contribution in [0, 0.1) is 10.8 Å². The zero-order valence-corrected chi connectivity index (χ0v) is 12.6. The molecule has 0 bridgehead atoms. The fraction of sp³-hybridized carbons (Fsp3) is 1.00. The minimum absolute atomic E-state index is 0.188. The number of halogens is 3. The Morgan fingerprint density at radius 3 is 1.78 bits per heavy atom. The summed E-state index contributed by atoms with van der Waals surface area (Å²) < 4.78 is 38.8. The van der Waals surface area contributed by atoms with Gasteiger partial charge in [-0.3, -0.25) is 0 Å². The van der Waals surface area contributed by atoms with Crippen molar-refractivity contribution in [1.82, 2.24) is 0 Å². The second-order valence-electron chi connectivity index (χ2n) is 6.53. The zero-order valence-electron chi connectivity index (χ0n) is 12.6. The Morgan fingerprint density at radius 1 is 0.833 bits per heavy atom. The van der Waals surface area contributed by atoms with E-state index in [4.69, 9.17) is 0 Å². The Balaban J connectivity index is 4.47. The van der Waals surface area contributed by atoms with Gasteiger partial charge in [-0.2, -0.15) is 13.2 Å². The van der Waals surface area contributed by atoms with Gasteiger partial charge in [0, 0.05) is 0 Å². The minimum atomic E-state index is -4.10. The third-order valence-corrected chi connectivity index (χ3v) is 4.12. The van der Waals surface area contributed by atoms with Crippen molar-refractivity contribution >= 4 is 0 Å². The molecule has 0 fully saturated rings. The molecule has 0 N–H and O–H groups in total. The molecular weight excluding hydrogens is 237 g/mol. The number of hydrogen-bond donors (Lipinski definition) is 0. The largest absolute Gasteiger partial charge is 0.393 e. The first-order valence-electron chi connectivity index (χ1n) is 7.15. The standard InChI is InChI=1S/C15H29F3/c1-6-8-9-10-11-14(5,7-2)12-13(3,4)15(16,17)18/h6-12H2,1-5H3. The maximum Gasteiger partial charge on any atom is 0.393 e. The van der Waals surface area contributed by atoms with E-state index < -0.39 is 11.6 Å². The maximum atomic E-state index is 12.9. The lowest BCUT2D eigenvalue weighted by Gasteiger charge is -2.38. The first kappa shape index (κ1) is 17.8. The Morgan fingerprint density at radius 2 is 1.39 bits per heavy atom. The summed E-state index contributed by atoms with van der Waals surface area (Å²) in [5.74, 6) is 0. The molecule has 0 aromatic rings. The van der Waals surface area contributed by atoms with Crippen molar-refractivity contribution in [2.24, 2.45) is 10.8 Å². The summed E-state index contributed by atoms with van der Waals surface area (Å²) in [6, 6.07) is 0. The molecule has 0 spiro atoms. The first-order chi connectivity index (χ1) is 8.08. The van der Waals surface area contributed by atoms with E-state index in [-0.39, 0.29) is 11.8 Å². The number of alkyl halides is 3. The predicted octanol–water partition coefficient (Wildman–Crippen LogP) is 6.35. The predicted molar refractivity (Wildman–Crippen MR) is 71.6 cm³/mol. The number of hydrogen-bond acceptors (Lipinski definition) is 0. The van der Waals surface area contributed by atoms with Gasteiger partial charge in [-0.1, -0.05) is 66.7 Å². The molecule has 0 nitrogen and oxygen atoms in total. The summed E-state index contributed by atoms with van der Waals surface area (Å²) in [5, 5.41) is 0. The minimum Gasteiger partial charge on any atom is -0.171 e. The van der Waals surface area contributed by atoms with Crippen molar-refractivity contribution in [3.05, 3.63) is 0 Å². The maximum absolute atomic E-state index is 12.9. The van der Waals surface area contributed by atoms with Gasteiger partial charge in [-0.15, -0.1) is 0 Å². The monoisotopic (exact) mass is 266 g/mol. The van der Waals surface area contributed by atoms with Gasteiger partial charge >= 0.3 is 6.18 Å². The van der Waals surface area contributed by atoms with E-state index in [2.05, 4.69) is 6.92 Å². The van der Waals surface area contributed by atoms with Crippen LogP contribution in [0.3, 0.4) is 0 Å². The second-order valence-corrected chi connectivity index (χ2v) is 6.53. The molecule has 3 heteroatoms. The second kappa shape index (κ2) is 6.81. The zero-order chi connectivity index (χ0) is 14.4. The van der Waals surface area contributed by atoms with Crippen molar-refractivity contribution in [3.8, 4) is 0 Å². The van der Waals surface area contributed by atoms with E-state index in [0.29, 0.717) is 0 Å². The fourth-order valence-electron chi connectivity index (χ4n) is 2.54. The van der Waals surface area contributed by atoms with Gasteiger partial charge in [0.1, 0.15) is 0 Å².